The number of aryl methyl sites for hydroxylation is 1. The van der Waals surface area contributed by atoms with E-state index in [1.807, 2.05) is 38.3 Å². The number of hydrogen-bond acceptors (Lipinski definition) is 7. The zero-order chi connectivity index (χ0) is 25.8. The number of ketones is 1. The molecule has 190 valence electrons. The Bertz CT molecular complexity index is 1380. The van der Waals surface area contributed by atoms with Crippen LogP contribution in [0.4, 0.5) is 5.82 Å². The number of aromatic nitrogens is 2. The zero-order valence-electron chi connectivity index (χ0n) is 21.4. The number of pyridine rings is 2. The summed E-state index contributed by atoms with van der Waals surface area (Å²) in [6.07, 6.45) is 6.35. The van der Waals surface area contributed by atoms with Gasteiger partial charge < -0.3 is 9.64 Å². The average Bonchev–Trinajstić information content (AvgIpc) is 3.36. The van der Waals surface area contributed by atoms with Gasteiger partial charge in [-0.1, -0.05) is 12.7 Å². The number of anilines is 1. The van der Waals surface area contributed by atoms with Crippen molar-refractivity contribution in [2.75, 3.05) is 36.6 Å². The molecule has 5 rings (SSSR count). The van der Waals surface area contributed by atoms with E-state index >= 15 is 0 Å². The van der Waals surface area contributed by atoms with Crippen molar-refractivity contribution in [1.29, 1.82) is 4.78 Å². The summed E-state index contributed by atoms with van der Waals surface area (Å²) >= 11 is 0. The number of allylic oxidation sites excluding steroid dienone is 1. The van der Waals surface area contributed by atoms with Crippen molar-refractivity contribution >= 4 is 26.9 Å². The van der Waals surface area contributed by atoms with Gasteiger partial charge in [0.2, 0.25) is 5.88 Å². The molecule has 0 amide bonds. The van der Waals surface area contributed by atoms with Gasteiger partial charge in [-0.15, -0.1) is 0 Å². The van der Waals surface area contributed by atoms with E-state index in [2.05, 4.69) is 22.5 Å². The summed E-state index contributed by atoms with van der Waals surface area (Å²) in [5.74, 6) is 3.58. The van der Waals surface area contributed by atoms with Gasteiger partial charge >= 0.3 is 0 Å². The Morgan fingerprint density at radius 2 is 2.08 bits per heavy atom. The van der Waals surface area contributed by atoms with E-state index in [-0.39, 0.29) is 11.7 Å². The summed E-state index contributed by atoms with van der Waals surface area (Å²) in [5.41, 5.74) is 6.39. The molecule has 1 saturated carbocycles. The minimum Gasteiger partial charge on any atom is -0.473 e. The summed E-state index contributed by atoms with van der Waals surface area (Å²) in [4.78, 5) is 23.1. The van der Waals surface area contributed by atoms with Crippen LogP contribution < -0.4 is 9.64 Å². The van der Waals surface area contributed by atoms with Gasteiger partial charge in [-0.05, 0) is 79.0 Å². The molecule has 3 aliphatic rings. The van der Waals surface area contributed by atoms with E-state index < -0.39 is 9.73 Å². The molecule has 1 unspecified atom stereocenters. The molecule has 1 aliphatic heterocycles. The molecule has 0 aromatic carbocycles. The molecule has 2 aromatic rings. The van der Waals surface area contributed by atoms with E-state index in [1.165, 1.54) is 17.4 Å². The highest BCUT2D eigenvalue weighted by Gasteiger charge is 2.58. The van der Waals surface area contributed by atoms with Gasteiger partial charge in [-0.2, -0.15) is 0 Å². The lowest BCUT2D eigenvalue weighted by Gasteiger charge is -2.40. The number of rotatable bonds is 9. The van der Waals surface area contributed by atoms with E-state index in [0.717, 1.165) is 47.7 Å². The highest BCUT2D eigenvalue weighted by molar-refractivity contribution is 7.91. The number of hydrogen-bond donors (Lipinski definition) is 1. The second-order valence-electron chi connectivity index (χ2n) is 10.8. The molecule has 1 saturated heterocycles. The summed E-state index contributed by atoms with van der Waals surface area (Å²) in [7, 11) is -2.45. The monoisotopic (exact) mass is 506 g/mol. The van der Waals surface area contributed by atoms with Gasteiger partial charge in [-0.3, -0.25) is 13.8 Å². The maximum atomic E-state index is 11.7. The Morgan fingerprint density at radius 1 is 1.33 bits per heavy atom. The molecule has 36 heavy (non-hydrogen) atoms. The van der Waals surface area contributed by atoms with Crippen LogP contribution in [0.25, 0.3) is 5.57 Å². The quantitative estimate of drug-likeness (QED) is 0.506. The van der Waals surface area contributed by atoms with Gasteiger partial charge in [0, 0.05) is 64.6 Å². The Kier molecular flexibility index (Phi) is 6.27. The molecule has 2 aliphatic carbocycles. The van der Waals surface area contributed by atoms with Crippen LogP contribution in [-0.2, 0) is 20.9 Å². The molecule has 7 nitrogen and oxygen atoms in total. The third-order valence-corrected chi connectivity index (χ3v) is 8.72. The number of nitrogens with zero attached hydrogens (tertiary/aromatic N) is 3. The molecular formula is C28H34N4O3S. The molecule has 2 aromatic heterocycles. The van der Waals surface area contributed by atoms with Crippen LogP contribution >= 0.6 is 0 Å². The van der Waals surface area contributed by atoms with Crippen molar-refractivity contribution in [3.8, 4) is 5.88 Å². The van der Waals surface area contributed by atoms with Crippen molar-refractivity contribution < 1.29 is 13.7 Å². The number of carbonyl (C=O) groups is 1. The number of carbonyl (C=O) groups excluding carboxylic acids is 1. The first-order valence-electron chi connectivity index (χ1n) is 12.4. The fourth-order valence-corrected chi connectivity index (χ4v) is 7.06. The zero-order valence-corrected chi connectivity index (χ0v) is 22.2. The number of nitrogens with one attached hydrogen (secondary N) is 1. The van der Waals surface area contributed by atoms with E-state index in [1.54, 1.807) is 6.92 Å². The molecule has 2 fully saturated rings. The molecule has 0 radical (unpaired) electrons. The minimum absolute atomic E-state index is 0.193. The number of fused-ring (bicyclic) bond motifs is 3. The predicted octanol–water partition coefficient (Wildman–Crippen LogP) is 4.41. The first kappa shape index (κ1) is 24.7. The lowest BCUT2D eigenvalue weighted by molar-refractivity contribution is -0.118. The highest BCUT2D eigenvalue weighted by Crippen LogP contribution is 2.61. The third kappa shape index (κ3) is 4.96. The molecule has 8 heteroatoms. The maximum absolute atomic E-state index is 11.7. The topological polar surface area (TPSA) is 96.2 Å². The first-order valence-corrected chi connectivity index (χ1v) is 14.6. The van der Waals surface area contributed by atoms with Gasteiger partial charge in [0.1, 0.15) is 18.2 Å². The molecule has 0 spiro atoms. The largest absolute Gasteiger partial charge is 0.473 e. The summed E-state index contributed by atoms with van der Waals surface area (Å²) in [6.45, 7) is 11.8. The van der Waals surface area contributed by atoms with Crippen LogP contribution in [0.15, 0.2) is 42.6 Å². The third-order valence-electron chi connectivity index (χ3n) is 7.61. The van der Waals surface area contributed by atoms with E-state index in [0.29, 0.717) is 36.0 Å². The predicted molar refractivity (Wildman–Crippen MR) is 143 cm³/mol. The van der Waals surface area contributed by atoms with Crippen LogP contribution in [0, 0.1) is 29.5 Å². The van der Waals surface area contributed by atoms with Crippen LogP contribution in [0.1, 0.15) is 42.1 Å². The molecule has 1 N–H and O–H groups in total. The van der Waals surface area contributed by atoms with Crippen LogP contribution in [-0.4, -0.2) is 51.7 Å². The van der Waals surface area contributed by atoms with Crippen molar-refractivity contribution in [2.24, 2.45) is 17.8 Å². The molecular weight excluding hydrogens is 472 g/mol. The fourth-order valence-electron chi connectivity index (χ4n) is 5.95. The lowest BCUT2D eigenvalue weighted by Crippen LogP contribution is -2.49. The summed E-state index contributed by atoms with van der Waals surface area (Å²) < 4.78 is 25.3. The second kappa shape index (κ2) is 9.14. The van der Waals surface area contributed by atoms with Crippen molar-refractivity contribution in [1.82, 2.24) is 9.97 Å². The van der Waals surface area contributed by atoms with E-state index in [9.17, 15) is 9.00 Å². The normalized spacial score (nSPS) is 24.4. The van der Waals surface area contributed by atoms with Gasteiger partial charge in [0.15, 0.2) is 0 Å². The Balaban J connectivity index is 1.16. The number of Topliss-reactive ketones (excluding diaryl/α,β-unsaturated/α-hetero) is 1. The lowest BCUT2D eigenvalue weighted by atomic mass is 10.0. The Hall–Kier alpha value is -3.00. The second-order valence-corrected chi connectivity index (χ2v) is 13.1. The summed E-state index contributed by atoms with van der Waals surface area (Å²) in [5, 5.41) is 0. The van der Waals surface area contributed by atoms with Crippen molar-refractivity contribution in [3.05, 3.63) is 65.0 Å². The van der Waals surface area contributed by atoms with Crippen LogP contribution in [0.3, 0.4) is 0 Å². The van der Waals surface area contributed by atoms with Crippen LogP contribution in [0.2, 0.25) is 0 Å². The van der Waals surface area contributed by atoms with Gasteiger partial charge in [0.25, 0.3) is 0 Å². The molecule has 3 heterocycles. The van der Waals surface area contributed by atoms with Crippen molar-refractivity contribution in [3.63, 3.8) is 0 Å². The smallest absolute Gasteiger partial charge is 0.213 e. The summed E-state index contributed by atoms with van der Waals surface area (Å²) in [6, 6.07) is 6.12. The van der Waals surface area contributed by atoms with Crippen molar-refractivity contribution in [2.45, 2.75) is 33.1 Å². The Morgan fingerprint density at radius 3 is 2.75 bits per heavy atom. The Labute approximate surface area is 213 Å². The maximum Gasteiger partial charge on any atom is 0.213 e. The van der Waals surface area contributed by atoms with Crippen LogP contribution in [0.5, 0.6) is 5.88 Å². The fraction of sp³-hybridized carbons (Fsp3) is 0.464. The number of ether oxygens (including phenoxy) is 1. The standard InChI is InChI=1S/C28H34N4O3S/c1-16(14-35-26-10-21-9-23-27(19(4)33)28(23)24(21)11-30-26)8-17(2)22-6-7-25(31-18(22)3)32-12-20(13-32)15-36(5,29)34/h6-8,10-11,20,23,27-29H,1,9,12-15H2,2-5H3/b17-8+/t23-,27-,28+,36?/m0/s1. The van der Waals surface area contributed by atoms with Gasteiger partial charge in [0.05, 0.1) is 0 Å². The minimum atomic E-state index is -2.45. The first-order chi connectivity index (χ1) is 17.0. The molecule has 4 atom stereocenters. The molecule has 0 bridgehead atoms. The SMILES string of the molecule is C=C(/C=C(\C)c1ccc(N2CC(CS(C)(=N)=O)C2)nc1C)COc1cc2c(cn1)[C@H]1[C@@H](C2)[C@@H]1C(C)=O. The van der Waals surface area contributed by atoms with E-state index in [4.69, 9.17) is 14.5 Å². The highest BCUT2D eigenvalue weighted by atomic mass is 32.2. The van der Waals surface area contributed by atoms with Gasteiger partial charge in [-0.25, -0.2) is 9.97 Å². The average molecular weight is 507 g/mol.